The van der Waals surface area contributed by atoms with Gasteiger partial charge in [-0.05, 0) is 68.3 Å². The summed E-state index contributed by atoms with van der Waals surface area (Å²) >= 11 is 6.36. The molecule has 3 unspecified atom stereocenters. The summed E-state index contributed by atoms with van der Waals surface area (Å²) in [5.74, 6) is 0.739. The van der Waals surface area contributed by atoms with Crippen LogP contribution in [0.25, 0.3) is 10.9 Å². The van der Waals surface area contributed by atoms with Gasteiger partial charge in [0.2, 0.25) is 0 Å². The molecule has 3 atom stereocenters. The second-order valence-electron chi connectivity index (χ2n) is 8.65. The Morgan fingerprint density at radius 1 is 1.17 bits per heavy atom. The van der Waals surface area contributed by atoms with Crippen LogP contribution in [0, 0.1) is 0 Å². The number of halogens is 2. The van der Waals surface area contributed by atoms with Crippen LogP contribution in [0.15, 0.2) is 42.5 Å². The molecule has 2 aliphatic rings. The van der Waals surface area contributed by atoms with Crippen LogP contribution < -0.4 is 4.74 Å². The van der Waals surface area contributed by atoms with Gasteiger partial charge in [-0.2, -0.15) is 0 Å². The van der Waals surface area contributed by atoms with E-state index in [9.17, 15) is 0 Å². The van der Waals surface area contributed by atoms with Gasteiger partial charge < -0.3 is 9.30 Å². The summed E-state index contributed by atoms with van der Waals surface area (Å²) in [5, 5.41) is 1.91. The molecular formula is C24H26ClFN2O. The number of likely N-dealkylation sites (N-methyl/N-ethyl adjacent to an activating group) is 1. The second-order valence-corrected chi connectivity index (χ2v) is 9.09. The third-order valence-corrected chi connectivity index (χ3v) is 7.16. The standard InChI is InChI=1S/C24H26ClFN2O/c1-24(26,15-4-8-18(29-3)9-5-15)14-28-20-10-6-16(25)12-19(20)23-21-11-7-17(27(21)2)13-22(23)28/h4-6,8-10,12,17,21H,7,11,13-14H2,1-3H3. The Morgan fingerprint density at radius 3 is 2.66 bits per heavy atom. The van der Waals surface area contributed by atoms with Crippen molar-refractivity contribution in [3.8, 4) is 5.75 Å². The predicted octanol–water partition coefficient (Wildman–Crippen LogP) is 5.88. The number of hydrogen-bond donors (Lipinski definition) is 0. The van der Waals surface area contributed by atoms with Crippen LogP contribution in [0.1, 0.15) is 42.6 Å². The number of nitrogens with zero attached hydrogens (tertiary/aromatic N) is 2. The Bertz CT molecular complexity index is 1070. The quantitative estimate of drug-likeness (QED) is 0.532. The molecule has 3 aromatic rings. The van der Waals surface area contributed by atoms with Crippen LogP contribution in [0.3, 0.4) is 0 Å². The topological polar surface area (TPSA) is 17.4 Å². The molecule has 2 aliphatic heterocycles. The first kappa shape index (κ1) is 19.0. The molecule has 1 saturated heterocycles. The van der Waals surface area contributed by atoms with E-state index in [0.29, 0.717) is 17.6 Å². The molecule has 0 radical (unpaired) electrons. The Labute approximate surface area is 176 Å². The number of alkyl halides is 1. The minimum Gasteiger partial charge on any atom is -0.497 e. The van der Waals surface area contributed by atoms with Gasteiger partial charge in [-0.15, -0.1) is 0 Å². The minimum absolute atomic E-state index is 0.288. The lowest BCUT2D eigenvalue weighted by Crippen LogP contribution is -2.35. The highest BCUT2D eigenvalue weighted by molar-refractivity contribution is 6.31. The maximum atomic E-state index is 16.0. The van der Waals surface area contributed by atoms with E-state index >= 15 is 4.39 Å². The summed E-state index contributed by atoms with van der Waals surface area (Å²) in [7, 11) is 3.84. The van der Waals surface area contributed by atoms with Crippen LogP contribution in [0.2, 0.25) is 5.02 Å². The number of fused-ring (bicyclic) bond motifs is 6. The molecule has 0 saturated carbocycles. The molecule has 152 valence electrons. The second kappa shape index (κ2) is 6.75. The van der Waals surface area contributed by atoms with Crippen molar-refractivity contribution in [1.29, 1.82) is 0 Å². The van der Waals surface area contributed by atoms with Crippen LogP contribution in [-0.2, 0) is 18.6 Å². The van der Waals surface area contributed by atoms with Crippen molar-refractivity contribution >= 4 is 22.5 Å². The number of benzene rings is 2. The van der Waals surface area contributed by atoms with Crippen LogP contribution in [-0.4, -0.2) is 29.7 Å². The van der Waals surface area contributed by atoms with Gasteiger partial charge >= 0.3 is 0 Å². The molecule has 3 heterocycles. The molecule has 2 aromatic carbocycles. The van der Waals surface area contributed by atoms with Gasteiger partial charge in [-0.1, -0.05) is 23.7 Å². The third-order valence-electron chi connectivity index (χ3n) is 6.93. The monoisotopic (exact) mass is 412 g/mol. The van der Waals surface area contributed by atoms with Crippen molar-refractivity contribution in [2.45, 2.75) is 50.5 Å². The van der Waals surface area contributed by atoms with Crippen molar-refractivity contribution in [3.05, 3.63) is 64.3 Å². The van der Waals surface area contributed by atoms with Crippen molar-refractivity contribution < 1.29 is 9.13 Å². The first-order chi connectivity index (χ1) is 13.9. The zero-order valence-electron chi connectivity index (χ0n) is 17.1. The first-order valence-electron chi connectivity index (χ1n) is 10.2. The van der Waals surface area contributed by atoms with Gasteiger partial charge in [-0.25, -0.2) is 4.39 Å². The molecule has 5 heteroatoms. The van der Waals surface area contributed by atoms with Crippen molar-refractivity contribution in [1.82, 2.24) is 9.47 Å². The SMILES string of the molecule is COc1ccc(C(C)(F)Cn2c3c(c4cc(Cl)ccc42)C2CCC(C3)N2C)cc1. The highest BCUT2D eigenvalue weighted by Crippen LogP contribution is 2.48. The van der Waals surface area contributed by atoms with E-state index in [2.05, 4.69) is 22.6 Å². The molecule has 1 aromatic heterocycles. The fourth-order valence-electron chi connectivity index (χ4n) is 5.33. The van der Waals surface area contributed by atoms with Gasteiger partial charge in [0.05, 0.1) is 13.7 Å². The van der Waals surface area contributed by atoms with Gasteiger partial charge in [0.25, 0.3) is 0 Å². The molecule has 5 rings (SSSR count). The summed E-state index contributed by atoms with van der Waals surface area (Å²) in [6, 6.07) is 14.3. The van der Waals surface area contributed by atoms with Crippen molar-refractivity contribution in [2.75, 3.05) is 14.2 Å². The number of ether oxygens (including phenoxy) is 1. The predicted molar refractivity (Wildman–Crippen MR) is 116 cm³/mol. The molecule has 29 heavy (non-hydrogen) atoms. The van der Waals surface area contributed by atoms with Crippen LogP contribution in [0.4, 0.5) is 4.39 Å². The Morgan fingerprint density at radius 2 is 1.93 bits per heavy atom. The zero-order valence-corrected chi connectivity index (χ0v) is 17.8. The number of aromatic nitrogens is 1. The third kappa shape index (κ3) is 2.96. The number of rotatable bonds is 4. The maximum Gasteiger partial charge on any atom is 0.151 e. The van der Waals surface area contributed by atoms with Crippen LogP contribution >= 0.6 is 11.6 Å². The fourth-order valence-corrected chi connectivity index (χ4v) is 5.51. The van der Waals surface area contributed by atoms with E-state index in [1.165, 1.54) is 23.1 Å². The molecule has 0 N–H and O–H groups in total. The molecule has 0 spiro atoms. The average molecular weight is 413 g/mol. The first-order valence-corrected chi connectivity index (χ1v) is 10.6. The van der Waals surface area contributed by atoms with E-state index in [4.69, 9.17) is 16.3 Å². The van der Waals surface area contributed by atoms with Gasteiger partial charge in [0.15, 0.2) is 5.67 Å². The number of hydrogen-bond acceptors (Lipinski definition) is 2. The summed E-state index contributed by atoms with van der Waals surface area (Å²) in [5.41, 5.74) is 2.89. The van der Waals surface area contributed by atoms with E-state index in [1.54, 1.807) is 14.0 Å². The van der Waals surface area contributed by atoms with E-state index in [-0.39, 0.29) is 6.54 Å². The molecular weight excluding hydrogens is 387 g/mol. The lowest BCUT2D eigenvalue weighted by Gasteiger charge is -2.33. The van der Waals surface area contributed by atoms with Crippen molar-refractivity contribution in [2.24, 2.45) is 0 Å². The van der Waals surface area contributed by atoms with Gasteiger partial charge in [-0.3, -0.25) is 4.90 Å². The molecule has 1 fully saturated rings. The van der Waals surface area contributed by atoms with E-state index in [0.717, 1.165) is 29.1 Å². The zero-order chi connectivity index (χ0) is 20.3. The van der Waals surface area contributed by atoms with Gasteiger partial charge in [0.1, 0.15) is 5.75 Å². The maximum absolute atomic E-state index is 16.0. The minimum atomic E-state index is -1.49. The average Bonchev–Trinajstić information content (AvgIpc) is 3.11. The Kier molecular flexibility index (Phi) is 4.41. The van der Waals surface area contributed by atoms with Crippen LogP contribution in [0.5, 0.6) is 5.75 Å². The van der Waals surface area contributed by atoms with E-state index in [1.807, 2.05) is 36.4 Å². The lowest BCUT2D eigenvalue weighted by atomic mass is 9.96. The molecule has 2 bridgehead atoms. The molecule has 3 nitrogen and oxygen atoms in total. The summed E-state index contributed by atoms with van der Waals surface area (Å²) < 4.78 is 23.4. The van der Waals surface area contributed by atoms with E-state index < -0.39 is 5.67 Å². The summed E-state index contributed by atoms with van der Waals surface area (Å²) in [4.78, 5) is 2.49. The van der Waals surface area contributed by atoms with Crippen molar-refractivity contribution in [3.63, 3.8) is 0 Å². The number of methoxy groups -OCH3 is 1. The fraction of sp³-hybridized carbons (Fsp3) is 0.417. The van der Waals surface area contributed by atoms with Gasteiger partial charge in [0, 0.05) is 40.1 Å². The summed E-state index contributed by atoms with van der Waals surface area (Å²) in [6.07, 6.45) is 3.32. The Hall–Kier alpha value is -2.04. The lowest BCUT2D eigenvalue weighted by molar-refractivity contribution is 0.158. The summed E-state index contributed by atoms with van der Waals surface area (Å²) in [6.45, 7) is 1.96. The largest absolute Gasteiger partial charge is 0.497 e. The Balaban J connectivity index is 1.63. The smallest absolute Gasteiger partial charge is 0.151 e. The molecule has 0 amide bonds. The highest BCUT2D eigenvalue weighted by Gasteiger charge is 2.41. The normalized spacial score (nSPS) is 23.2. The highest BCUT2D eigenvalue weighted by atomic mass is 35.5. The molecule has 0 aliphatic carbocycles.